The van der Waals surface area contributed by atoms with Gasteiger partial charge in [0.05, 0.1) is 6.54 Å². The molecule has 3 heterocycles. The maximum absolute atomic E-state index is 12.7. The van der Waals surface area contributed by atoms with Gasteiger partial charge in [-0.2, -0.15) is 0 Å². The average Bonchev–Trinajstić information content (AvgIpc) is 3.21. The fraction of sp³-hybridized carbons (Fsp3) is 0.263. The first-order valence-electron chi connectivity index (χ1n) is 8.92. The molecule has 1 aliphatic rings. The van der Waals surface area contributed by atoms with Gasteiger partial charge in [0.25, 0.3) is 0 Å². The molecule has 0 aliphatic carbocycles. The van der Waals surface area contributed by atoms with E-state index in [0.717, 1.165) is 11.4 Å². The normalized spacial score (nSPS) is 15.1. The lowest BCUT2D eigenvalue weighted by atomic mass is 10.2. The number of urea groups is 1. The number of pyridine rings is 1. The number of aromatic nitrogens is 3. The van der Waals surface area contributed by atoms with Crippen molar-refractivity contribution in [3.05, 3.63) is 48.7 Å². The molecule has 1 aliphatic heterocycles. The number of nitrogens with zero attached hydrogens (tertiary/aromatic N) is 4. The van der Waals surface area contributed by atoms with Gasteiger partial charge >= 0.3 is 6.03 Å². The van der Waals surface area contributed by atoms with E-state index in [2.05, 4.69) is 20.5 Å². The highest BCUT2D eigenvalue weighted by Crippen LogP contribution is 2.31. The van der Waals surface area contributed by atoms with E-state index in [9.17, 15) is 4.79 Å². The lowest BCUT2D eigenvalue weighted by Crippen LogP contribution is -2.45. The highest BCUT2D eigenvalue weighted by atomic mass is 32.1. The molecule has 0 bridgehead atoms. The summed E-state index contributed by atoms with van der Waals surface area (Å²) in [6.45, 7) is 3.24. The van der Waals surface area contributed by atoms with Gasteiger partial charge in [0.1, 0.15) is 12.3 Å². The van der Waals surface area contributed by atoms with E-state index >= 15 is 0 Å². The zero-order valence-corrected chi connectivity index (χ0v) is 16.1. The molecule has 0 saturated carbocycles. The number of amides is 2. The molecule has 1 atom stereocenters. The Morgan fingerprint density at radius 2 is 2.04 bits per heavy atom. The maximum Gasteiger partial charge on any atom is 0.323 e. The zero-order valence-electron chi connectivity index (χ0n) is 15.2. The molecule has 2 amide bonds. The smallest absolute Gasteiger partial charge is 0.323 e. The quantitative estimate of drug-likeness (QED) is 0.711. The number of benzene rings is 1. The van der Waals surface area contributed by atoms with Gasteiger partial charge in [-0.1, -0.05) is 29.5 Å². The van der Waals surface area contributed by atoms with Gasteiger partial charge in [0.2, 0.25) is 5.13 Å². The zero-order chi connectivity index (χ0) is 19.3. The van der Waals surface area contributed by atoms with Crippen molar-refractivity contribution in [3.63, 3.8) is 0 Å². The van der Waals surface area contributed by atoms with E-state index in [1.807, 2.05) is 49.4 Å². The van der Waals surface area contributed by atoms with Crippen LogP contribution in [0.4, 0.5) is 9.93 Å². The van der Waals surface area contributed by atoms with Crippen molar-refractivity contribution in [2.24, 2.45) is 0 Å². The van der Waals surface area contributed by atoms with Crippen molar-refractivity contribution in [1.29, 1.82) is 0 Å². The standard InChI is InChI=1S/C19H19N5O3S/c1-2-24(11-13-12-26-15-8-3-4-9-16(15)27-13)19(25)21-18-23-22-17(28-18)14-7-5-6-10-20-14/h3-10,13H,2,11-12H2,1H3,(H,21,23,25). The highest BCUT2D eigenvalue weighted by Gasteiger charge is 2.25. The van der Waals surface area contributed by atoms with Gasteiger partial charge in [0, 0.05) is 12.7 Å². The largest absolute Gasteiger partial charge is 0.486 e. The number of likely N-dealkylation sites (N-methyl/N-ethyl adjacent to an activating group) is 1. The summed E-state index contributed by atoms with van der Waals surface area (Å²) >= 11 is 1.28. The third kappa shape index (κ3) is 4.04. The number of hydrogen-bond acceptors (Lipinski definition) is 7. The van der Waals surface area contributed by atoms with E-state index in [-0.39, 0.29) is 12.1 Å². The average molecular weight is 397 g/mol. The van der Waals surface area contributed by atoms with Crippen molar-refractivity contribution < 1.29 is 14.3 Å². The van der Waals surface area contributed by atoms with Crippen LogP contribution in [0.5, 0.6) is 11.5 Å². The molecule has 4 rings (SSSR count). The summed E-state index contributed by atoms with van der Waals surface area (Å²) in [4.78, 5) is 18.5. The topological polar surface area (TPSA) is 89.5 Å². The van der Waals surface area contributed by atoms with Crippen molar-refractivity contribution in [1.82, 2.24) is 20.1 Å². The molecular weight excluding hydrogens is 378 g/mol. The summed E-state index contributed by atoms with van der Waals surface area (Å²) in [6.07, 6.45) is 1.46. The Morgan fingerprint density at radius 1 is 1.21 bits per heavy atom. The first-order valence-corrected chi connectivity index (χ1v) is 9.74. The predicted octanol–water partition coefficient (Wildman–Crippen LogP) is 3.29. The molecule has 3 aromatic rings. The Kier molecular flexibility index (Phi) is 5.34. The third-order valence-corrected chi connectivity index (χ3v) is 5.04. The van der Waals surface area contributed by atoms with Crippen LogP contribution in [0.2, 0.25) is 0 Å². The fourth-order valence-electron chi connectivity index (χ4n) is 2.79. The Morgan fingerprint density at radius 3 is 2.82 bits per heavy atom. The summed E-state index contributed by atoms with van der Waals surface area (Å²) < 4.78 is 11.7. The molecule has 8 nitrogen and oxygen atoms in total. The van der Waals surface area contributed by atoms with Gasteiger partial charge in [-0.05, 0) is 31.2 Å². The number of para-hydroxylation sites is 2. The van der Waals surface area contributed by atoms with E-state index in [4.69, 9.17) is 9.47 Å². The summed E-state index contributed by atoms with van der Waals surface area (Å²) in [7, 11) is 0. The number of carbonyl (C=O) groups excluding carboxylic acids is 1. The first kappa shape index (κ1) is 18.2. The first-order chi connectivity index (χ1) is 13.7. The minimum absolute atomic E-state index is 0.237. The Hall–Kier alpha value is -3.20. The fourth-order valence-corrected chi connectivity index (χ4v) is 3.50. The molecule has 0 saturated heterocycles. The van der Waals surface area contributed by atoms with Crippen LogP contribution in [-0.2, 0) is 0 Å². The SMILES string of the molecule is CCN(CC1COc2ccccc2O1)C(=O)Nc1nnc(-c2ccccn2)s1. The second-order valence-corrected chi connectivity index (χ2v) is 7.07. The maximum atomic E-state index is 12.7. The molecule has 28 heavy (non-hydrogen) atoms. The van der Waals surface area contributed by atoms with Crippen LogP contribution in [-0.4, -0.2) is 51.9 Å². The van der Waals surface area contributed by atoms with Crippen LogP contribution < -0.4 is 14.8 Å². The molecule has 1 N–H and O–H groups in total. The van der Waals surface area contributed by atoms with Crippen molar-refractivity contribution in [2.75, 3.05) is 25.0 Å². The van der Waals surface area contributed by atoms with Crippen LogP contribution in [0.15, 0.2) is 48.7 Å². The third-order valence-electron chi connectivity index (χ3n) is 4.18. The second-order valence-electron chi connectivity index (χ2n) is 6.09. The molecule has 0 fully saturated rings. The van der Waals surface area contributed by atoms with Crippen LogP contribution in [0.3, 0.4) is 0 Å². The Bertz CT molecular complexity index is 950. The van der Waals surface area contributed by atoms with Crippen molar-refractivity contribution in [2.45, 2.75) is 13.0 Å². The van der Waals surface area contributed by atoms with E-state index in [1.165, 1.54) is 11.3 Å². The Balaban J connectivity index is 1.38. The number of fused-ring (bicyclic) bond motifs is 1. The van der Waals surface area contributed by atoms with Crippen LogP contribution in [0.1, 0.15) is 6.92 Å². The van der Waals surface area contributed by atoms with E-state index < -0.39 is 0 Å². The van der Waals surface area contributed by atoms with Crippen LogP contribution in [0.25, 0.3) is 10.7 Å². The number of carbonyl (C=O) groups is 1. The van der Waals surface area contributed by atoms with Gasteiger partial charge in [-0.15, -0.1) is 10.2 Å². The van der Waals surface area contributed by atoms with Gasteiger partial charge < -0.3 is 14.4 Å². The second kappa shape index (κ2) is 8.22. The van der Waals surface area contributed by atoms with Gasteiger partial charge in [-0.3, -0.25) is 10.3 Å². The molecule has 1 aromatic carbocycles. The highest BCUT2D eigenvalue weighted by molar-refractivity contribution is 7.18. The van der Waals surface area contributed by atoms with Crippen LogP contribution >= 0.6 is 11.3 Å². The molecule has 9 heteroatoms. The molecule has 1 unspecified atom stereocenters. The number of nitrogens with one attached hydrogen (secondary N) is 1. The molecule has 0 radical (unpaired) electrons. The molecule has 144 valence electrons. The Labute approximate surface area is 166 Å². The minimum atomic E-state index is -0.256. The summed E-state index contributed by atoms with van der Waals surface area (Å²) in [6, 6.07) is 12.8. The summed E-state index contributed by atoms with van der Waals surface area (Å²) in [5, 5.41) is 12.0. The van der Waals surface area contributed by atoms with Crippen molar-refractivity contribution in [3.8, 4) is 22.2 Å². The van der Waals surface area contributed by atoms with Crippen molar-refractivity contribution >= 4 is 22.5 Å². The summed E-state index contributed by atoms with van der Waals surface area (Å²) in [5.41, 5.74) is 0.722. The molecule has 0 spiro atoms. The molecule has 2 aromatic heterocycles. The number of hydrogen-bond donors (Lipinski definition) is 1. The monoisotopic (exact) mass is 397 g/mol. The predicted molar refractivity (Wildman–Crippen MR) is 106 cm³/mol. The van der Waals surface area contributed by atoms with E-state index in [1.54, 1.807) is 11.1 Å². The lowest BCUT2D eigenvalue weighted by Gasteiger charge is -2.30. The van der Waals surface area contributed by atoms with Gasteiger partial charge in [-0.25, -0.2) is 4.79 Å². The number of ether oxygens (including phenoxy) is 2. The number of anilines is 1. The van der Waals surface area contributed by atoms with Crippen LogP contribution in [0, 0.1) is 0 Å². The lowest BCUT2D eigenvalue weighted by molar-refractivity contribution is 0.0693. The number of rotatable bonds is 5. The van der Waals surface area contributed by atoms with Gasteiger partial charge in [0.15, 0.2) is 22.6 Å². The van der Waals surface area contributed by atoms with E-state index in [0.29, 0.717) is 35.6 Å². The minimum Gasteiger partial charge on any atom is -0.486 e. The summed E-state index contributed by atoms with van der Waals surface area (Å²) in [5.74, 6) is 1.42. The molecular formula is C19H19N5O3S.